The summed E-state index contributed by atoms with van der Waals surface area (Å²) in [6.07, 6.45) is 13.7. The van der Waals surface area contributed by atoms with Crippen LogP contribution in [0.15, 0.2) is 149 Å². The second kappa shape index (κ2) is 39.6. The van der Waals surface area contributed by atoms with Gasteiger partial charge in [-0.05, 0) is 111 Å². The summed E-state index contributed by atoms with van der Waals surface area (Å²) in [5, 5.41) is 45.5. The van der Waals surface area contributed by atoms with E-state index in [1.54, 1.807) is 66.7 Å². The number of primary sulfonamides is 3. The number of aromatic carboxylic acids is 2. The molecule has 0 heterocycles. The van der Waals surface area contributed by atoms with Gasteiger partial charge in [0.1, 0.15) is 37.7 Å². The van der Waals surface area contributed by atoms with E-state index in [1.807, 2.05) is 67.8 Å². The molecule has 0 radical (unpaired) electrons. The normalized spacial score (nSPS) is 11.1. The van der Waals surface area contributed by atoms with Gasteiger partial charge in [-0.3, -0.25) is 0 Å². The van der Waals surface area contributed by atoms with E-state index in [0.29, 0.717) is 66.1 Å². The molecule has 0 unspecified atom stereocenters. The molecular weight excluding hydrogens is 1220 g/mol. The summed E-state index contributed by atoms with van der Waals surface area (Å²) in [7, 11) is -12.6. The molecule has 0 amide bonds. The van der Waals surface area contributed by atoms with Crippen LogP contribution >= 0.6 is 0 Å². The van der Waals surface area contributed by atoms with Gasteiger partial charge in [0.15, 0.2) is 17.2 Å². The van der Waals surface area contributed by atoms with Crippen molar-refractivity contribution in [2.45, 2.75) is 160 Å². The Morgan fingerprint density at radius 3 is 0.923 bits per heavy atom. The third-order valence-corrected chi connectivity index (χ3v) is 16.6. The molecule has 91 heavy (non-hydrogen) atoms. The van der Waals surface area contributed by atoms with E-state index < -0.39 is 42.0 Å². The van der Waals surface area contributed by atoms with Crippen LogP contribution in [0.2, 0.25) is 0 Å². The van der Waals surface area contributed by atoms with Crippen LogP contribution < -0.4 is 44.3 Å². The Kier molecular flexibility index (Phi) is 33.7. The van der Waals surface area contributed by atoms with Crippen molar-refractivity contribution < 1.29 is 64.4 Å². The van der Waals surface area contributed by atoms with Crippen molar-refractivity contribution in [1.29, 1.82) is 0 Å². The molecule has 20 nitrogen and oxygen atoms in total. The number of rotatable bonds is 35. The molecule has 6 aromatic rings. The number of unbranched alkanes of at least 4 members (excludes halogenated alkanes) is 8. The number of carbonyl (C=O) groups is 2. The fourth-order valence-electron chi connectivity index (χ4n) is 9.42. The number of carboxylic acid groups (broad SMARTS) is 2. The summed E-state index contributed by atoms with van der Waals surface area (Å²) in [5.41, 5.74) is 1.41. The predicted octanol–water partition coefficient (Wildman–Crippen LogP) is 15.3. The van der Waals surface area contributed by atoms with E-state index >= 15 is 0 Å². The van der Waals surface area contributed by atoms with Gasteiger partial charge in [0.2, 0.25) is 30.1 Å². The first-order valence-electron chi connectivity index (χ1n) is 31.2. The Morgan fingerprint density at radius 2 is 0.648 bits per heavy atom. The molecule has 0 fully saturated rings. The van der Waals surface area contributed by atoms with Gasteiger partial charge in [-0.15, -0.1) is 0 Å². The molecule has 0 spiro atoms. The smallest absolute Gasteiger partial charge is 0.335 e. The number of benzene rings is 6. The number of para-hydroxylation sites is 3. The van der Waals surface area contributed by atoms with Crippen molar-refractivity contribution in [2.75, 3.05) is 54.0 Å². The molecular formula is C68H96N6O14S3. The molecule has 0 bridgehead atoms. The van der Waals surface area contributed by atoms with Gasteiger partial charge in [0.25, 0.3) is 0 Å². The van der Waals surface area contributed by atoms with Crippen LogP contribution in [0, 0.1) is 0 Å². The van der Waals surface area contributed by atoms with Crippen LogP contribution in [0.5, 0.6) is 34.5 Å². The molecule has 0 atom stereocenters. The molecule has 0 saturated carbocycles. The lowest BCUT2D eigenvalue weighted by atomic mass is 10.1. The quantitative estimate of drug-likeness (QED) is 0.0159. The molecule has 23 heteroatoms. The van der Waals surface area contributed by atoms with Gasteiger partial charge in [-0.1, -0.05) is 168 Å². The average Bonchev–Trinajstić information content (AvgIpc) is 2.78. The zero-order valence-corrected chi connectivity index (χ0v) is 56.6. The van der Waals surface area contributed by atoms with Gasteiger partial charge < -0.3 is 44.2 Å². The number of sulfonamides is 3. The first kappa shape index (κ1) is 77.6. The van der Waals surface area contributed by atoms with E-state index in [0.717, 1.165) is 115 Å². The van der Waals surface area contributed by atoms with Gasteiger partial charge in [0, 0.05) is 44.8 Å². The van der Waals surface area contributed by atoms with Gasteiger partial charge in [-0.25, -0.2) is 50.3 Å². The fourth-order valence-corrected chi connectivity index (χ4v) is 11.5. The lowest BCUT2D eigenvalue weighted by Gasteiger charge is -2.28. The minimum absolute atomic E-state index is 0.0497. The minimum atomic E-state index is -4.22. The molecule has 6 rings (SSSR count). The number of anilines is 3. The van der Waals surface area contributed by atoms with Crippen LogP contribution in [0.4, 0.5) is 17.1 Å². The molecule has 0 saturated heterocycles. The van der Waals surface area contributed by atoms with E-state index in [9.17, 15) is 50.2 Å². The SMILES string of the molecule is C=C(O)c1cc(N(CCCC)CCCCC)c(Oc2ccccc2)c(S(N)(=O)=O)c1.CC.CCCCCCN(CCC)c1cc(C(=O)O)cc(S(N)(=O)=O)c1Oc1ccccc1.CCCCCN(CCC)c1cc(C(=O)O)cc(S(N)(=O)=O)c1Oc1ccccc1. The number of ether oxygens (including phenoxy) is 3. The van der Waals surface area contributed by atoms with Crippen LogP contribution in [-0.4, -0.2) is 91.8 Å². The molecule has 500 valence electrons. The maximum absolute atomic E-state index is 12.4. The lowest BCUT2D eigenvalue weighted by molar-refractivity contribution is 0.0685. The van der Waals surface area contributed by atoms with E-state index in [-0.39, 0.29) is 48.8 Å². The number of hydrogen-bond donors (Lipinski definition) is 6. The Bertz CT molecular complexity index is 3560. The highest BCUT2D eigenvalue weighted by Gasteiger charge is 2.29. The standard InChI is InChI=1S/C23H32N2O4S.C22H30N2O5S.C21H28N2O5S.C2H6/c1-4-6-11-15-25(14-7-5-2)21-16-19(18(3)26)17-22(30(24,27)28)23(21)29-20-12-9-8-10-13-20;1-3-5-6-10-14-24(13-4-2)19-15-17(22(25)26)16-20(30(23,27)28)21(19)29-18-11-8-7-9-12-18;1-3-5-9-13-23(12-4-2)18-14-16(21(24)25)15-19(29(22,26)27)20(18)28-17-10-7-6-8-11-17;1-2/h8-10,12-13,16-17,26H,3-7,11,14-15H2,1-2H3,(H2,24,27,28);7-9,11-12,15-16H,3-6,10,13-14H2,1-2H3,(H,25,26)(H2,23,27,28);6-8,10-11,14-15H,3-5,9,12-13H2,1-2H3,(H,24,25)(H2,22,26,27);1-2H3. The van der Waals surface area contributed by atoms with E-state index in [4.69, 9.17) is 29.6 Å². The summed E-state index contributed by atoms with van der Waals surface area (Å²) < 4.78 is 92.1. The van der Waals surface area contributed by atoms with Crippen molar-refractivity contribution in [1.82, 2.24) is 0 Å². The van der Waals surface area contributed by atoms with Crippen molar-refractivity contribution >= 4 is 64.8 Å². The van der Waals surface area contributed by atoms with E-state index in [1.165, 1.54) is 18.2 Å². The summed E-state index contributed by atoms with van der Waals surface area (Å²) in [6.45, 7) is 24.1. The summed E-state index contributed by atoms with van der Waals surface area (Å²) in [4.78, 5) is 28.5. The summed E-state index contributed by atoms with van der Waals surface area (Å²) in [5.74, 6) is -1.03. The Labute approximate surface area is 540 Å². The van der Waals surface area contributed by atoms with E-state index in [2.05, 4.69) is 39.2 Å². The maximum atomic E-state index is 12.4. The molecule has 0 aliphatic carbocycles. The average molecular weight is 1320 g/mol. The predicted molar refractivity (Wildman–Crippen MR) is 365 cm³/mol. The van der Waals surface area contributed by atoms with Crippen LogP contribution in [0.3, 0.4) is 0 Å². The summed E-state index contributed by atoms with van der Waals surface area (Å²) >= 11 is 0. The second-order valence-electron chi connectivity index (χ2n) is 21.2. The maximum Gasteiger partial charge on any atom is 0.335 e. The largest absolute Gasteiger partial charge is 0.508 e. The monoisotopic (exact) mass is 1320 g/mol. The Balaban J connectivity index is 0.000000351. The number of hydrogen-bond acceptors (Lipinski definition) is 15. The van der Waals surface area contributed by atoms with Crippen molar-refractivity contribution in [3.05, 3.63) is 151 Å². The van der Waals surface area contributed by atoms with Gasteiger partial charge in [0.05, 0.1) is 28.2 Å². The van der Waals surface area contributed by atoms with Gasteiger partial charge in [-0.2, -0.15) is 0 Å². The molecule has 0 aromatic heterocycles. The zero-order chi connectivity index (χ0) is 67.7. The summed E-state index contributed by atoms with van der Waals surface area (Å²) in [6, 6.07) is 34.5. The topological polar surface area (TPSA) is 313 Å². The van der Waals surface area contributed by atoms with Crippen LogP contribution in [-0.2, 0) is 30.1 Å². The molecule has 6 aromatic carbocycles. The third-order valence-electron chi connectivity index (χ3n) is 13.9. The highest BCUT2D eigenvalue weighted by Crippen LogP contribution is 2.43. The number of nitrogens with zero attached hydrogens (tertiary/aromatic N) is 3. The third kappa shape index (κ3) is 25.5. The number of aliphatic hydroxyl groups excluding tert-OH is 1. The van der Waals surface area contributed by atoms with Crippen molar-refractivity contribution in [3.63, 3.8) is 0 Å². The Morgan fingerprint density at radius 1 is 0.385 bits per heavy atom. The van der Waals surface area contributed by atoms with Crippen LogP contribution in [0.25, 0.3) is 5.76 Å². The van der Waals surface area contributed by atoms with Gasteiger partial charge >= 0.3 is 11.9 Å². The number of nitrogens with two attached hydrogens (primary N) is 3. The lowest BCUT2D eigenvalue weighted by Crippen LogP contribution is -2.27. The Hall–Kier alpha value is -7.67. The first-order valence-corrected chi connectivity index (χ1v) is 35.9. The molecule has 0 aliphatic rings. The first-order chi connectivity index (χ1) is 43.3. The van der Waals surface area contributed by atoms with Crippen LogP contribution in [0.1, 0.15) is 172 Å². The zero-order valence-electron chi connectivity index (χ0n) is 54.1. The number of carboxylic acids is 2. The number of aliphatic hydroxyl groups is 1. The highest BCUT2D eigenvalue weighted by atomic mass is 32.2. The molecule has 0 aliphatic heterocycles. The van der Waals surface area contributed by atoms with Crippen molar-refractivity contribution in [3.8, 4) is 34.5 Å². The van der Waals surface area contributed by atoms with Crippen molar-refractivity contribution in [2.24, 2.45) is 15.4 Å². The second-order valence-corrected chi connectivity index (χ2v) is 25.8. The minimum Gasteiger partial charge on any atom is -0.508 e. The highest BCUT2D eigenvalue weighted by molar-refractivity contribution is 7.89. The fraction of sp³-hybridized carbons (Fsp3) is 0.412. The molecule has 9 N–H and O–H groups in total.